The van der Waals surface area contributed by atoms with E-state index in [2.05, 4.69) is 53.4 Å². The van der Waals surface area contributed by atoms with Gasteiger partial charge in [-0.1, -0.05) is 65.5 Å². The molecule has 4 heterocycles. The first-order valence-electron chi connectivity index (χ1n) is 14.6. The minimum atomic E-state index is 0. The number of pyridine rings is 3. The molecule has 227 valence electrons. The van der Waals surface area contributed by atoms with Crippen molar-refractivity contribution in [1.29, 1.82) is 0 Å². The van der Waals surface area contributed by atoms with E-state index in [9.17, 15) is 0 Å². The molecule has 0 unspecified atom stereocenters. The predicted molar refractivity (Wildman–Crippen MR) is 181 cm³/mol. The summed E-state index contributed by atoms with van der Waals surface area (Å²) in [5.74, 6) is 0. The van der Waals surface area contributed by atoms with Crippen LogP contribution in [0.5, 0.6) is 0 Å². The number of aromatic nitrogens is 3. The summed E-state index contributed by atoms with van der Waals surface area (Å²) >= 11 is 0. The fraction of sp³-hybridized carbons (Fsp3) is 0.0244. The fourth-order valence-electron chi connectivity index (χ4n) is 4.79. The Balaban J connectivity index is 0.000000141. The number of fused-ring (bicyclic) bond motifs is 3. The SMILES string of the molecule is Cc1ccc(-c2[c-]cc3oc4ccccc4c3c2)nc1.[CH2-][n+]1ccccc1-c1[c-]cccc1.[Ir].[c-]1ccccc1-c1ccccn1. The Hall–Kier alpha value is -5.35. The van der Waals surface area contributed by atoms with Gasteiger partial charge in [0.15, 0.2) is 0 Å². The smallest absolute Gasteiger partial charge is 0.120 e. The van der Waals surface area contributed by atoms with Gasteiger partial charge < -0.3 is 19.0 Å². The quantitative estimate of drug-likeness (QED) is 0.133. The molecule has 0 aliphatic heterocycles. The monoisotopic (exact) mass is 773 g/mol. The van der Waals surface area contributed by atoms with Crippen molar-refractivity contribution in [1.82, 2.24) is 9.97 Å². The van der Waals surface area contributed by atoms with E-state index in [4.69, 9.17) is 4.42 Å². The molecular formula is C41H30IrN3O-3. The number of nitrogens with zero attached hydrogens (tertiary/aromatic N) is 3. The zero-order chi connectivity index (χ0) is 30.8. The molecule has 0 atom stereocenters. The molecule has 4 nitrogen and oxygen atoms in total. The van der Waals surface area contributed by atoms with Crippen LogP contribution in [0.25, 0.3) is 55.7 Å². The molecule has 0 spiro atoms. The van der Waals surface area contributed by atoms with Gasteiger partial charge in [0.1, 0.15) is 11.3 Å². The number of benzene rings is 4. The number of hydrogen-bond acceptors (Lipinski definition) is 3. The Labute approximate surface area is 283 Å². The standard InChI is InChI=1S/C18H12NO.C12H10N.C11H8N.Ir/c1-12-6-8-16(19-11-12)13-7-9-18-15(10-13)14-4-2-3-5-17(14)20-18;1-13-10-6-5-9-12(13)11-7-3-2-4-8-11;1-2-6-10(7-3-1)11-8-4-5-9-12-11;/h2-6,8-11H,1H3;2-7,9-10H,1H2;1-6,8-9H;/q3*-1;. The van der Waals surface area contributed by atoms with Gasteiger partial charge >= 0.3 is 0 Å². The third-order valence-electron chi connectivity index (χ3n) is 7.07. The summed E-state index contributed by atoms with van der Waals surface area (Å²) in [6, 6.07) is 53.3. The molecule has 8 rings (SSSR count). The van der Waals surface area contributed by atoms with E-state index < -0.39 is 0 Å². The summed E-state index contributed by atoms with van der Waals surface area (Å²) in [6.45, 7) is 2.03. The predicted octanol–water partition coefficient (Wildman–Crippen LogP) is 9.38. The van der Waals surface area contributed by atoms with Crippen LogP contribution in [-0.2, 0) is 20.1 Å². The maximum absolute atomic E-state index is 5.81. The molecule has 0 amide bonds. The molecule has 4 aromatic carbocycles. The van der Waals surface area contributed by atoms with Gasteiger partial charge in [0.2, 0.25) is 0 Å². The van der Waals surface area contributed by atoms with Crippen LogP contribution in [0.4, 0.5) is 0 Å². The van der Waals surface area contributed by atoms with Crippen LogP contribution in [0.15, 0.2) is 156 Å². The van der Waals surface area contributed by atoms with Crippen molar-refractivity contribution in [2.75, 3.05) is 0 Å². The van der Waals surface area contributed by atoms with Gasteiger partial charge in [0.25, 0.3) is 0 Å². The van der Waals surface area contributed by atoms with Crippen LogP contribution in [0, 0.1) is 32.2 Å². The number of para-hydroxylation sites is 1. The second kappa shape index (κ2) is 15.6. The number of furan rings is 1. The third kappa shape index (κ3) is 7.83. The molecule has 4 aromatic heterocycles. The van der Waals surface area contributed by atoms with Gasteiger partial charge in [0, 0.05) is 44.9 Å². The molecule has 5 heteroatoms. The Bertz CT molecular complexity index is 2070. The van der Waals surface area contributed by atoms with E-state index in [1.807, 2.05) is 139 Å². The number of aryl methyl sites for hydroxylation is 1. The first-order valence-corrected chi connectivity index (χ1v) is 14.6. The minimum Gasteiger partial charge on any atom is -0.500 e. The van der Waals surface area contributed by atoms with E-state index in [0.29, 0.717) is 0 Å². The van der Waals surface area contributed by atoms with Gasteiger partial charge in [-0.3, -0.25) is 0 Å². The summed E-state index contributed by atoms with van der Waals surface area (Å²) in [7, 11) is 3.89. The van der Waals surface area contributed by atoms with Crippen LogP contribution in [0.3, 0.4) is 0 Å². The first-order chi connectivity index (χ1) is 22.2. The van der Waals surface area contributed by atoms with Crippen LogP contribution in [0.1, 0.15) is 5.56 Å². The molecule has 0 saturated heterocycles. The maximum atomic E-state index is 5.81. The topological polar surface area (TPSA) is 42.8 Å². The van der Waals surface area contributed by atoms with Gasteiger partial charge in [-0.15, -0.1) is 90.0 Å². The van der Waals surface area contributed by atoms with Crippen molar-refractivity contribution in [3.8, 4) is 33.8 Å². The number of rotatable bonds is 3. The molecule has 0 aliphatic rings. The van der Waals surface area contributed by atoms with Gasteiger partial charge in [-0.25, -0.2) is 0 Å². The molecule has 0 bridgehead atoms. The van der Waals surface area contributed by atoms with E-state index in [1.165, 1.54) is 0 Å². The molecule has 0 aliphatic carbocycles. The van der Waals surface area contributed by atoms with Crippen molar-refractivity contribution in [2.45, 2.75) is 6.92 Å². The molecule has 0 saturated carbocycles. The maximum Gasteiger partial charge on any atom is 0.120 e. The van der Waals surface area contributed by atoms with E-state index in [0.717, 1.165) is 61.3 Å². The summed E-state index contributed by atoms with van der Waals surface area (Å²) in [5.41, 5.74) is 9.00. The zero-order valence-electron chi connectivity index (χ0n) is 25.2. The summed E-state index contributed by atoms with van der Waals surface area (Å²) in [6.07, 6.45) is 5.59. The van der Waals surface area contributed by atoms with Crippen LogP contribution in [-0.4, -0.2) is 9.97 Å². The minimum absolute atomic E-state index is 0. The summed E-state index contributed by atoms with van der Waals surface area (Å²) in [5, 5.41) is 2.24. The zero-order valence-corrected chi connectivity index (χ0v) is 27.6. The second-order valence-electron chi connectivity index (χ2n) is 10.3. The normalized spacial score (nSPS) is 10.2. The Kier molecular flexibility index (Phi) is 10.9. The van der Waals surface area contributed by atoms with Crippen molar-refractivity contribution in [3.63, 3.8) is 0 Å². The van der Waals surface area contributed by atoms with Crippen LogP contribution < -0.4 is 4.57 Å². The Morgan fingerprint density at radius 2 is 1.35 bits per heavy atom. The molecule has 46 heavy (non-hydrogen) atoms. The van der Waals surface area contributed by atoms with Gasteiger partial charge in [-0.05, 0) is 42.1 Å². The second-order valence-corrected chi connectivity index (χ2v) is 10.3. The van der Waals surface area contributed by atoms with E-state index in [1.54, 1.807) is 6.20 Å². The Morgan fingerprint density at radius 3 is 2.04 bits per heavy atom. The average molecular weight is 773 g/mol. The largest absolute Gasteiger partial charge is 0.500 e. The van der Waals surface area contributed by atoms with Crippen LogP contribution in [0.2, 0.25) is 0 Å². The third-order valence-corrected chi connectivity index (χ3v) is 7.07. The van der Waals surface area contributed by atoms with Gasteiger partial charge in [0.05, 0.1) is 11.8 Å². The van der Waals surface area contributed by atoms with E-state index in [-0.39, 0.29) is 20.1 Å². The molecule has 8 aromatic rings. The number of hydrogen-bond donors (Lipinski definition) is 0. The molecule has 0 N–H and O–H groups in total. The first kappa shape index (κ1) is 32.1. The molecule has 0 fully saturated rings. The molecular weight excluding hydrogens is 743 g/mol. The molecule has 1 radical (unpaired) electrons. The Morgan fingerprint density at radius 1 is 0.630 bits per heavy atom. The van der Waals surface area contributed by atoms with Gasteiger partial charge in [-0.2, -0.15) is 0 Å². The van der Waals surface area contributed by atoms with E-state index >= 15 is 0 Å². The van der Waals surface area contributed by atoms with Crippen molar-refractivity contribution in [2.24, 2.45) is 0 Å². The average Bonchev–Trinajstić information content (AvgIpc) is 3.49. The van der Waals surface area contributed by atoms with Crippen molar-refractivity contribution < 1.29 is 29.1 Å². The summed E-state index contributed by atoms with van der Waals surface area (Å²) < 4.78 is 7.65. The fourth-order valence-corrected chi connectivity index (χ4v) is 4.79. The van der Waals surface area contributed by atoms with Crippen molar-refractivity contribution in [3.05, 3.63) is 183 Å². The van der Waals surface area contributed by atoms with Crippen LogP contribution >= 0.6 is 0 Å². The summed E-state index contributed by atoms with van der Waals surface area (Å²) in [4.78, 5) is 8.68. The van der Waals surface area contributed by atoms with Crippen molar-refractivity contribution >= 4 is 21.9 Å².